The number of aryl methyl sites for hydroxylation is 2. The van der Waals surface area contributed by atoms with Gasteiger partial charge in [0, 0.05) is 38.5 Å². The summed E-state index contributed by atoms with van der Waals surface area (Å²) in [5.74, 6) is 0.861. The molecule has 0 aromatic heterocycles. The van der Waals surface area contributed by atoms with E-state index in [1.165, 1.54) is 16.0 Å². The van der Waals surface area contributed by atoms with Crippen LogP contribution in [0.1, 0.15) is 53.0 Å². The van der Waals surface area contributed by atoms with Crippen molar-refractivity contribution < 1.29 is 4.79 Å². The summed E-state index contributed by atoms with van der Waals surface area (Å²) in [6, 6.07) is 23.2. The van der Waals surface area contributed by atoms with E-state index < -0.39 is 5.92 Å². The molecule has 1 heterocycles. The Morgan fingerprint density at radius 3 is 2.42 bits per heavy atom. The minimum absolute atomic E-state index is 0.107. The van der Waals surface area contributed by atoms with Crippen LogP contribution in [-0.2, 0) is 10.5 Å². The van der Waals surface area contributed by atoms with Gasteiger partial charge in [0.1, 0.15) is 5.82 Å². The van der Waals surface area contributed by atoms with Crippen LogP contribution in [0, 0.1) is 32.1 Å². The van der Waals surface area contributed by atoms with E-state index in [4.69, 9.17) is 5.73 Å². The first-order chi connectivity index (χ1) is 18.3. The average molecular weight is 585 g/mol. The largest absolute Gasteiger partial charge is 0.384 e. The fourth-order valence-electron chi connectivity index (χ4n) is 5.49. The molecule has 6 heteroatoms. The van der Waals surface area contributed by atoms with Gasteiger partial charge in [0.2, 0.25) is 0 Å². The number of thioether (sulfide) groups is 1. The molecule has 0 amide bonds. The summed E-state index contributed by atoms with van der Waals surface area (Å²) >= 11 is 5.30. The Hall–Kier alpha value is -3.27. The van der Waals surface area contributed by atoms with Gasteiger partial charge in [-0.25, -0.2) is 0 Å². The number of nitrogens with zero attached hydrogens (tertiary/aromatic N) is 2. The van der Waals surface area contributed by atoms with E-state index in [1.807, 2.05) is 29.2 Å². The van der Waals surface area contributed by atoms with Gasteiger partial charge in [-0.3, -0.25) is 9.69 Å². The summed E-state index contributed by atoms with van der Waals surface area (Å²) in [6.45, 7) is 6.28. The van der Waals surface area contributed by atoms with Gasteiger partial charge >= 0.3 is 0 Å². The van der Waals surface area contributed by atoms with E-state index in [9.17, 15) is 10.1 Å². The lowest BCUT2D eigenvalue weighted by atomic mass is 9.73. The second kappa shape index (κ2) is 10.8. The number of allylic oxidation sites excluding steroid dienone is 3. The number of nitriles is 1. The van der Waals surface area contributed by atoms with E-state index in [-0.39, 0.29) is 5.78 Å². The predicted molar refractivity (Wildman–Crippen MR) is 159 cm³/mol. The van der Waals surface area contributed by atoms with E-state index in [0.717, 1.165) is 56.7 Å². The topological polar surface area (TPSA) is 70.1 Å². The maximum absolute atomic E-state index is 13.6. The molecular formula is C32H30BrN3OS. The fourth-order valence-corrected chi connectivity index (χ4v) is 6.71. The first-order valence-corrected chi connectivity index (χ1v) is 14.6. The smallest absolute Gasteiger partial charge is 0.161 e. The Labute approximate surface area is 237 Å². The van der Waals surface area contributed by atoms with Crippen molar-refractivity contribution in [1.82, 2.24) is 0 Å². The number of hydrogen-bond donors (Lipinski definition) is 1. The highest BCUT2D eigenvalue weighted by molar-refractivity contribution is 9.10. The second-order valence-corrected chi connectivity index (χ2v) is 12.0. The highest BCUT2D eigenvalue weighted by Crippen LogP contribution is 2.47. The zero-order valence-electron chi connectivity index (χ0n) is 21.8. The van der Waals surface area contributed by atoms with Crippen molar-refractivity contribution in [1.29, 1.82) is 5.26 Å². The van der Waals surface area contributed by atoms with Crippen molar-refractivity contribution in [2.24, 2.45) is 5.73 Å². The van der Waals surface area contributed by atoms with Crippen LogP contribution in [0.4, 0.5) is 5.69 Å². The number of rotatable bonds is 5. The van der Waals surface area contributed by atoms with E-state index in [2.05, 4.69) is 79.2 Å². The molecule has 0 bridgehead atoms. The number of carbonyl (C=O) groups is 1. The van der Waals surface area contributed by atoms with Crippen molar-refractivity contribution >= 4 is 39.2 Å². The maximum Gasteiger partial charge on any atom is 0.161 e. The molecular weight excluding hydrogens is 554 g/mol. The molecule has 4 nitrogen and oxygen atoms in total. The van der Waals surface area contributed by atoms with Crippen molar-refractivity contribution in [2.75, 3.05) is 4.90 Å². The monoisotopic (exact) mass is 583 g/mol. The van der Waals surface area contributed by atoms with Gasteiger partial charge in [0.05, 0.1) is 17.6 Å². The third kappa shape index (κ3) is 4.93. The van der Waals surface area contributed by atoms with Gasteiger partial charge < -0.3 is 5.73 Å². The standard InChI is InChI=1S/C32H30BrN3OS/c1-19-7-13-25(14-8-19)38-18-22-15-20(2)16-26(21(22)3)30-27(17-34)32(35)36(24-11-9-23(33)10-12-24)28-5-4-6-29(37)31(28)30/h7-16,30H,4-6,18,35H2,1-3H3. The summed E-state index contributed by atoms with van der Waals surface area (Å²) in [5.41, 5.74) is 15.4. The minimum atomic E-state index is -0.461. The molecule has 3 aromatic carbocycles. The summed E-state index contributed by atoms with van der Waals surface area (Å²) in [6.07, 6.45) is 2.01. The summed E-state index contributed by atoms with van der Waals surface area (Å²) < 4.78 is 0.958. The lowest BCUT2D eigenvalue weighted by Gasteiger charge is -2.40. The lowest BCUT2D eigenvalue weighted by molar-refractivity contribution is -0.116. The maximum atomic E-state index is 13.6. The fraction of sp³-hybridized carbons (Fsp3) is 0.250. The molecule has 0 spiro atoms. The second-order valence-electron chi connectivity index (χ2n) is 10.0. The Kier molecular flexibility index (Phi) is 7.52. The van der Waals surface area contributed by atoms with Crippen LogP contribution < -0.4 is 10.6 Å². The van der Waals surface area contributed by atoms with Crippen LogP contribution >= 0.6 is 27.7 Å². The third-order valence-corrected chi connectivity index (χ3v) is 9.01. The van der Waals surface area contributed by atoms with Crippen molar-refractivity contribution in [3.05, 3.63) is 116 Å². The Morgan fingerprint density at radius 2 is 1.74 bits per heavy atom. The van der Waals surface area contributed by atoms with Gasteiger partial charge in [-0.2, -0.15) is 5.26 Å². The van der Waals surface area contributed by atoms with Crippen LogP contribution in [0.3, 0.4) is 0 Å². The normalized spacial score (nSPS) is 17.5. The number of anilines is 1. The molecule has 3 aromatic rings. The summed E-state index contributed by atoms with van der Waals surface area (Å²) in [4.78, 5) is 16.7. The van der Waals surface area contributed by atoms with Gasteiger partial charge in [-0.1, -0.05) is 51.3 Å². The number of ketones is 1. The number of halogens is 1. The lowest BCUT2D eigenvalue weighted by Crippen LogP contribution is -2.39. The van der Waals surface area contributed by atoms with Gasteiger partial charge in [0.15, 0.2) is 5.78 Å². The number of hydrogen-bond acceptors (Lipinski definition) is 5. The molecule has 0 saturated carbocycles. The zero-order chi connectivity index (χ0) is 27.0. The van der Waals surface area contributed by atoms with E-state index in [1.54, 1.807) is 11.8 Å². The Balaban J connectivity index is 1.62. The molecule has 1 aliphatic carbocycles. The third-order valence-electron chi connectivity index (χ3n) is 7.42. The Morgan fingerprint density at radius 1 is 1.03 bits per heavy atom. The Bertz CT molecular complexity index is 1510. The zero-order valence-corrected chi connectivity index (χ0v) is 24.2. The molecule has 1 atom stereocenters. The van der Waals surface area contributed by atoms with Crippen LogP contribution in [0.5, 0.6) is 0 Å². The first kappa shape index (κ1) is 26.3. The molecule has 1 aliphatic heterocycles. The number of Topliss-reactive ketones (excluding diaryl/α,β-unsaturated/α-hetero) is 1. The highest BCUT2D eigenvalue weighted by atomic mass is 79.9. The predicted octanol–water partition coefficient (Wildman–Crippen LogP) is 7.97. The minimum Gasteiger partial charge on any atom is -0.384 e. The van der Waals surface area contributed by atoms with Crippen molar-refractivity contribution in [2.45, 2.75) is 56.6 Å². The average Bonchev–Trinajstić information content (AvgIpc) is 2.90. The van der Waals surface area contributed by atoms with Crippen molar-refractivity contribution in [3.8, 4) is 6.07 Å². The van der Waals surface area contributed by atoms with Crippen LogP contribution in [0.2, 0.25) is 0 Å². The molecule has 192 valence electrons. The van der Waals surface area contributed by atoms with E-state index in [0.29, 0.717) is 17.8 Å². The SMILES string of the molecule is Cc1ccc(SCc2cc(C)cc(C3C(C#N)=C(N)N(c4ccc(Br)cc4)C4=C3C(=O)CCC4)c2C)cc1. The van der Waals surface area contributed by atoms with Gasteiger partial charge in [-0.05, 0) is 86.7 Å². The summed E-state index contributed by atoms with van der Waals surface area (Å²) in [5, 5.41) is 10.4. The number of carbonyl (C=O) groups excluding carboxylic acids is 1. The number of benzene rings is 3. The molecule has 0 fully saturated rings. The quantitative estimate of drug-likeness (QED) is 0.308. The van der Waals surface area contributed by atoms with Crippen molar-refractivity contribution in [3.63, 3.8) is 0 Å². The molecule has 0 radical (unpaired) electrons. The van der Waals surface area contributed by atoms with E-state index >= 15 is 0 Å². The molecule has 1 unspecified atom stereocenters. The van der Waals surface area contributed by atoms with Gasteiger partial charge in [-0.15, -0.1) is 11.8 Å². The van der Waals surface area contributed by atoms with Crippen LogP contribution in [0.25, 0.3) is 0 Å². The molecule has 2 aliphatic rings. The molecule has 0 saturated heterocycles. The molecule has 2 N–H and O–H groups in total. The molecule has 38 heavy (non-hydrogen) atoms. The van der Waals surface area contributed by atoms with Crippen LogP contribution in [0.15, 0.2) is 92.7 Å². The first-order valence-electron chi connectivity index (χ1n) is 12.8. The molecule has 5 rings (SSSR count). The van der Waals surface area contributed by atoms with Crippen LogP contribution in [-0.4, -0.2) is 5.78 Å². The number of nitrogens with two attached hydrogens (primary N) is 1. The van der Waals surface area contributed by atoms with Gasteiger partial charge in [0.25, 0.3) is 0 Å². The highest BCUT2D eigenvalue weighted by Gasteiger charge is 2.41. The summed E-state index contributed by atoms with van der Waals surface area (Å²) in [7, 11) is 0.